The van der Waals surface area contributed by atoms with E-state index in [1.54, 1.807) is 12.1 Å². The third kappa shape index (κ3) is 9.34. The van der Waals surface area contributed by atoms with Gasteiger partial charge in [-0.2, -0.15) is 12.6 Å². The molecule has 182 valence electrons. The summed E-state index contributed by atoms with van der Waals surface area (Å²) in [6, 6.07) is 0.426. The molecule has 4 unspecified atom stereocenters. The molecule has 13 nitrogen and oxygen atoms in total. The number of hydrogen-bond acceptors (Lipinski definition) is 9. The van der Waals surface area contributed by atoms with Gasteiger partial charge in [0.05, 0.1) is 19.1 Å². The van der Waals surface area contributed by atoms with Gasteiger partial charge in [0, 0.05) is 5.75 Å². The van der Waals surface area contributed by atoms with Gasteiger partial charge in [-0.25, -0.2) is 4.79 Å². The van der Waals surface area contributed by atoms with Crippen molar-refractivity contribution in [2.45, 2.75) is 37.0 Å². The lowest BCUT2D eigenvalue weighted by atomic mass is 10.0. The average molecular weight is 486 g/mol. The van der Waals surface area contributed by atoms with Crippen molar-refractivity contribution in [3.63, 3.8) is 0 Å². The van der Waals surface area contributed by atoms with Gasteiger partial charge in [0.1, 0.15) is 23.9 Å². The minimum Gasteiger partial charge on any atom is -0.508 e. The number of amides is 4. The Morgan fingerprint density at radius 2 is 1.42 bits per heavy atom. The number of aromatic hydroxyl groups is 1. The normalized spacial score (nSPS) is 14.3. The molecule has 0 saturated heterocycles. The van der Waals surface area contributed by atoms with Crippen LogP contribution in [0, 0.1) is 0 Å². The molecule has 0 spiro atoms. The Kier molecular flexibility index (Phi) is 11.1. The van der Waals surface area contributed by atoms with Gasteiger partial charge >= 0.3 is 5.97 Å². The summed E-state index contributed by atoms with van der Waals surface area (Å²) in [5.74, 6) is -5.31. The van der Waals surface area contributed by atoms with Crippen LogP contribution in [0.1, 0.15) is 12.0 Å². The van der Waals surface area contributed by atoms with Crippen molar-refractivity contribution < 1.29 is 39.3 Å². The van der Waals surface area contributed by atoms with Crippen molar-refractivity contribution >= 4 is 42.2 Å². The van der Waals surface area contributed by atoms with Crippen LogP contribution in [-0.4, -0.2) is 81.4 Å². The van der Waals surface area contributed by atoms with Crippen LogP contribution in [0.4, 0.5) is 0 Å². The minimum atomic E-state index is -1.60. The van der Waals surface area contributed by atoms with Gasteiger partial charge in [0.15, 0.2) is 0 Å². The molecule has 0 aliphatic rings. The summed E-state index contributed by atoms with van der Waals surface area (Å²) in [6.45, 7) is -0.881. The Morgan fingerprint density at radius 3 is 1.91 bits per heavy atom. The molecule has 4 atom stereocenters. The van der Waals surface area contributed by atoms with Gasteiger partial charge in [-0.15, -0.1) is 0 Å². The van der Waals surface area contributed by atoms with E-state index in [2.05, 4.69) is 23.3 Å². The number of benzene rings is 1. The number of aliphatic hydroxyl groups is 1. The smallest absolute Gasteiger partial charge is 0.328 e. The van der Waals surface area contributed by atoms with Crippen molar-refractivity contribution in [1.29, 1.82) is 0 Å². The van der Waals surface area contributed by atoms with Crippen LogP contribution < -0.4 is 27.4 Å². The molecule has 0 heterocycles. The third-order valence-corrected chi connectivity index (χ3v) is 4.74. The largest absolute Gasteiger partial charge is 0.508 e. The number of carbonyl (C=O) groups excluding carboxylic acids is 4. The first-order valence-electron chi connectivity index (χ1n) is 9.65. The summed E-state index contributed by atoms with van der Waals surface area (Å²) in [5, 5.41) is 33.8. The van der Waals surface area contributed by atoms with E-state index in [0.717, 1.165) is 0 Å². The zero-order valence-electron chi connectivity index (χ0n) is 17.4. The van der Waals surface area contributed by atoms with Crippen molar-refractivity contribution in [3.8, 4) is 5.75 Å². The number of aliphatic carboxylic acids is 1. The molecule has 10 N–H and O–H groups in total. The molecule has 33 heavy (non-hydrogen) atoms. The lowest BCUT2D eigenvalue weighted by molar-refractivity contribution is -0.143. The fourth-order valence-corrected chi connectivity index (χ4v) is 2.85. The van der Waals surface area contributed by atoms with E-state index in [9.17, 15) is 29.1 Å². The fourth-order valence-electron chi connectivity index (χ4n) is 2.59. The van der Waals surface area contributed by atoms with Gasteiger partial charge in [0.2, 0.25) is 23.6 Å². The second-order valence-electron chi connectivity index (χ2n) is 7.03. The predicted molar refractivity (Wildman–Crippen MR) is 118 cm³/mol. The highest BCUT2D eigenvalue weighted by Gasteiger charge is 2.30. The molecular formula is C19H27N5O8S. The quantitative estimate of drug-likeness (QED) is 0.126. The van der Waals surface area contributed by atoms with Gasteiger partial charge in [-0.1, -0.05) is 12.1 Å². The summed E-state index contributed by atoms with van der Waals surface area (Å²) in [6.07, 6.45) is -0.533. The molecule has 14 heteroatoms. The molecule has 0 fully saturated rings. The van der Waals surface area contributed by atoms with E-state index in [1.807, 2.05) is 5.32 Å². The number of carboxylic acid groups (broad SMARTS) is 1. The van der Waals surface area contributed by atoms with Crippen LogP contribution in [0.3, 0.4) is 0 Å². The van der Waals surface area contributed by atoms with Crippen molar-refractivity contribution in [3.05, 3.63) is 29.8 Å². The predicted octanol–water partition coefficient (Wildman–Crippen LogP) is -3.40. The topological polar surface area (TPSA) is 234 Å². The van der Waals surface area contributed by atoms with Crippen LogP contribution in [0.2, 0.25) is 0 Å². The molecular weight excluding hydrogens is 458 g/mol. The monoisotopic (exact) mass is 485 g/mol. The number of carboxylic acids is 1. The Hall–Kier alpha value is -3.36. The van der Waals surface area contributed by atoms with E-state index in [-0.39, 0.29) is 17.9 Å². The molecule has 0 aliphatic carbocycles. The summed E-state index contributed by atoms with van der Waals surface area (Å²) in [7, 11) is 0. The third-order valence-electron chi connectivity index (χ3n) is 4.38. The summed E-state index contributed by atoms with van der Waals surface area (Å²) in [4.78, 5) is 59.6. The van der Waals surface area contributed by atoms with E-state index in [1.165, 1.54) is 12.1 Å². The van der Waals surface area contributed by atoms with Crippen molar-refractivity contribution in [2.75, 3.05) is 12.4 Å². The summed E-state index contributed by atoms with van der Waals surface area (Å²) >= 11 is 3.93. The van der Waals surface area contributed by atoms with Crippen LogP contribution in [-0.2, 0) is 30.4 Å². The summed E-state index contributed by atoms with van der Waals surface area (Å²) in [5.41, 5.74) is 11.6. The molecule has 1 aromatic rings. The van der Waals surface area contributed by atoms with Crippen LogP contribution in [0.25, 0.3) is 0 Å². The number of phenolic OH excluding ortho intramolecular Hbond substituents is 1. The minimum absolute atomic E-state index is 0.0337. The maximum atomic E-state index is 12.6. The number of primary amides is 1. The molecule has 0 saturated carbocycles. The van der Waals surface area contributed by atoms with Gasteiger partial charge in [-0.3, -0.25) is 19.2 Å². The lowest BCUT2D eigenvalue weighted by Gasteiger charge is -2.23. The number of carbonyl (C=O) groups is 5. The number of aliphatic hydroxyl groups excluding tert-OH is 1. The number of phenols is 1. The average Bonchev–Trinajstić information content (AvgIpc) is 2.75. The standard InChI is InChI=1S/C19H27N5O8S/c20-11(5-9-1-3-10(26)4-2-9)16(28)22-12(6-15(21)27)17(29)24-14(8-33)18(30)23-13(7-25)19(31)32/h1-4,11-14,25-26,33H,5-8,20H2,(H2,21,27)(H,22,28)(H,23,30)(H,24,29)(H,31,32). The zero-order valence-corrected chi connectivity index (χ0v) is 18.3. The van der Waals surface area contributed by atoms with E-state index < -0.39 is 66.8 Å². The van der Waals surface area contributed by atoms with E-state index in [4.69, 9.17) is 21.7 Å². The van der Waals surface area contributed by atoms with Gasteiger partial charge in [0.25, 0.3) is 0 Å². The van der Waals surface area contributed by atoms with E-state index in [0.29, 0.717) is 5.56 Å². The number of thiol groups is 1. The highest BCUT2D eigenvalue weighted by molar-refractivity contribution is 7.80. The maximum absolute atomic E-state index is 12.6. The van der Waals surface area contributed by atoms with Crippen molar-refractivity contribution in [2.24, 2.45) is 11.5 Å². The SMILES string of the molecule is NC(=O)CC(NC(=O)C(N)Cc1ccc(O)cc1)C(=O)NC(CS)C(=O)NC(CO)C(=O)O. The highest BCUT2D eigenvalue weighted by Crippen LogP contribution is 2.11. The Morgan fingerprint density at radius 1 is 0.909 bits per heavy atom. The Labute approximate surface area is 194 Å². The molecule has 0 bridgehead atoms. The van der Waals surface area contributed by atoms with Gasteiger partial charge in [-0.05, 0) is 24.1 Å². The van der Waals surface area contributed by atoms with Crippen LogP contribution in [0.15, 0.2) is 24.3 Å². The van der Waals surface area contributed by atoms with Crippen LogP contribution in [0.5, 0.6) is 5.75 Å². The first-order chi connectivity index (χ1) is 15.5. The number of rotatable bonds is 13. The first-order valence-corrected chi connectivity index (χ1v) is 10.3. The zero-order chi connectivity index (χ0) is 25.1. The highest BCUT2D eigenvalue weighted by atomic mass is 32.1. The number of nitrogens with two attached hydrogens (primary N) is 2. The summed E-state index contributed by atoms with van der Waals surface area (Å²) < 4.78 is 0. The van der Waals surface area contributed by atoms with Crippen molar-refractivity contribution in [1.82, 2.24) is 16.0 Å². The fraction of sp³-hybridized carbons (Fsp3) is 0.421. The molecule has 1 aromatic carbocycles. The maximum Gasteiger partial charge on any atom is 0.328 e. The number of nitrogens with one attached hydrogen (secondary N) is 3. The van der Waals surface area contributed by atoms with Gasteiger partial charge < -0.3 is 42.7 Å². The Balaban J connectivity index is 2.84. The molecule has 1 rings (SSSR count). The van der Waals surface area contributed by atoms with E-state index >= 15 is 0 Å². The second kappa shape index (κ2) is 13.2. The molecule has 4 amide bonds. The number of hydrogen-bond donors (Lipinski definition) is 9. The molecule has 0 aromatic heterocycles. The Bertz CT molecular complexity index is 866. The van der Waals surface area contributed by atoms with Crippen LogP contribution >= 0.6 is 12.6 Å². The molecule has 0 radical (unpaired) electrons. The second-order valence-corrected chi connectivity index (χ2v) is 7.40. The first kappa shape index (κ1) is 27.7. The lowest BCUT2D eigenvalue weighted by Crippen LogP contribution is -2.58. The molecule has 0 aliphatic heterocycles.